The summed E-state index contributed by atoms with van der Waals surface area (Å²) in [4.78, 5) is 58.8. The standard InChI is InChI=1S/C26H32N2O12/c1-14(29)38-13-16-12-15(4-2-3-10-27-18(30)9-11-28-19(31)7-8-20(28)32)5-6-17(16)39-26-23(35)21(33)22(34)24(40-26)25(36)37/h5-8,12,21-24,26,33-35H,2-4,9-11,13H2,1H3,(H,27,30)(H,36,37)/t21-,22-,23+,24-,26?/m0/s1. The maximum atomic E-state index is 12.0. The number of unbranched alkanes of at least 4 members (excludes halogenated alkanes) is 1. The lowest BCUT2D eigenvalue weighted by Gasteiger charge is -2.38. The third-order valence-electron chi connectivity index (χ3n) is 6.29. The van der Waals surface area contributed by atoms with E-state index in [9.17, 15) is 44.4 Å². The first kappa shape index (κ1) is 30.7. The molecule has 1 aromatic rings. The molecule has 0 radical (unpaired) electrons. The molecule has 1 unspecified atom stereocenters. The zero-order valence-corrected chi connectivity index (χ0v) is 21.7. The second-order valence-corrected chi connectivity index (χ2v) is 9.29. The summed E-state index contributed by atoms with van der Waals surface area (Å²) in [6.45, 7) is 1.42. The highest BCUT2D eigenvalue weighted by atomic mass is 16.7. The number of aliphatic hydroxyl groups is 3. The summed E-state index contributed by atoms with van der Waals surface area (Å²) in [7, 11) is 0. The number of imide groups is 1. The number of hydrogen-bond acceptors (Lipinski definition) is 11. The van der Waals surface area contributed by atoms with E-state index in [0.717, 1.165) is 22.6 Å². The van der Waals surface area contributed by atoms with E-state index in [4.69, 9.17) is 14.2 Å². The molecule has 1 fully saturated rings. The van der Waals surface area contributed by atoms with E-state index in [1.165, 1.54) is 13.0 Å². The van der Waals surface area contributed by atoms with Crippen molar-refractivity contribution in [3.8, 4) is 5.75 Å². The number of rotatable bonds is 13. The summed E-state index contributed by atoms with van der Waals surface area (Å²) < 4.78 is 15.9. The van der Waals surface area contributed by atoms with E-state index in [0.29, 0.717) is 31.4 Å². The van der Waals surface area contributed by atoms with Gasteiger partial charge in [0.2, 0.25) is 12.2 Å². The van der Waals surface area contributed by atoms with E-state index in [-0.39, 0.29) is 31.2 Å². The average Bonchev–Trinajstić information content (AvgIpc) is 3.23. The highest BCUT2D eigenvalue weighted by Crippen LogP contribution is 2.28. The number of hydrogen-bond donors (Lipinski definition) is 5. The van der Waals surface area contributed by atoms with Crippen LogP contribution in [0.5, 0.6) is 5.75 Å². The van der Waals surface area contributed by atoms with Crippen molar-refractivity contribution in [2.75, 3.05) is 13.1 Å². The number of aliphatic hydroxyl groups excluding tert-OH is 3. The van der Waals surface area contributed by atoms with Gasteiger partial charge in [-0.05, 0) is 37.0 Å². The second-order valence-electron chi connectivity index (χ2n) is 9.29. The van der Waals surface area contributed by atoms with Gasteiger partial charge in [-0.15, -0.1) is 0 Å². The van der Waals surface area contributed by atoms with E-state index in [1.54, 1.807) is 12.1 Å². The molecule has 40 heavy (non-hydrogen) atoms. The van der Waals surface area contributed by atoms with Gasteiger partial charge in [-0.1, -0.05) is 6.07 Å². The minimum absolute atomic E-state index is 0.00271. The molecule has 0 saturated carbocycles. The SMILES string of the molecule is CC(=O)OCc1cc(CCCCNC(=O)CCN2C(=O)C=CC2=O)ccc1OC1O[C@H](C(=O)O)[C@@H](O)[C@H](O)[C@H]1O. The number of carboxylic acids is 1. The number of nitrogens with zero attached hydrogens (tertiary/aromatic N) is 1. The van der Waals surface area contributed by atoms with Gasteiger partial charge in [-0.2, -0.15) is 0 Å². The molecule has 2 aliphatic heterocycles. The van der Waals surface area contributed by atoms with Crippen LogP contribution >= 0.6 is 0 Å². The molecule has 5 N–H and O–H groups in total. The Labute approximate surface area is 229 Å². The van der Waals surface area contributed by atoms with Crippen molar-refractivity contribution in [3.63, 3.8) is 0 Å². The molecule has 1 saturated heterocycles. The third kappa shape index (κ3) is 8.08. The Morgan fingerprint density at radius 3 is 2.38 bits per heavy atom. The van der Waals surface area contributed by atoms with Gasteiger partial charge < -0.3 is 40.0 Å². The molecular formula is C26H32N2O12. The highest BCUT2D eigenvalue weighted by Gasteiger charge is 2.48. The molecule has 0 spiro atoms. The minimum atomic E-state index is -1.86. The van der Waals surface area contributed by atoms with Crippen molar-refractivity contribution in [1.82, 2.24) is 10.2 Å². The van der Waals surface area contributed by atoms with Crippen molar-refractivity contribution in [2.24, 2.45) is 0 Å². The van der Waals surface area contributed by atoms with Gasteiger partial charge in [-0.25, -0.2) is 4.79 Å². The first-order valence-electron chi connectivity index (χ1n) is 12.6. The van der Waals surface area contributed by atoms with E-state index in [2.05, 4.69) is 5.32 Å². The van der Waals surface area contributed by atoms with Crippen molar-refractivity contribution in [1.29, 1.82) is 0 Å². The van der Waals surface area contributed by atoms with Crippen LogP contribution in [-0.4, -0.2) is 98.8 Å². The summed E-state index contributed by atoms with van der Waals surface area (Å²) in [5, 5.41) is 42.1. The average molecular weight is 565 g/mol. The second kappa shape index (κ2) is 14.0. The van der Waals surface area contributed by atoms with Gasteiger partial charge in [0.25, 0.3) is 11.8 Å². The Morgan fingerprint density at radius 1 is 1.02 bits per heavy atom. The first-order valence-corrected chi connectivity index (χ1v) is 12.6. The predicted octanol–water partition coefficient (Wildman–Crippen LogP) is -1.23. The number of benzene rings is 1. The molecule has 0 bridgehead atoms. The molecule has 14 heteroatoms. The number of carbonyl (C=O) groups is 5. The summed E-state index contributed by atoms with van der Waals surface area (Å²) in [5.74, 6) is -3.16. The normalized spacial score (nSPS) is 24.2. The summed E-state index contributed by atoms with van der Waals surface area (Å²) in [6.07, 6.45) is -4.69. The number of carboxylic acid groups (broad SMARTS) is 1. The summed E-state index contributed by atoms with van der Waals surface area (Å²) >= 11 is 0. The molecule has 218 valence electrons. The van der Waals surface area contributed by atoms with Gasteiger partial charge >= 0.3 is 11.9 Å². The monoisotopic (exact) mass is 564 g/mol. The molecule has 1 aromatic carbocycles. The number of amides is 3. The highest BCUT2D eigenvalue weighted by molar-refractivity contribution is 6.13. The van der Waals surface area contributed by atoms with E-state index < -0.39 is 54.5 Å². The third-order valence-corrected chi connectivity index (χ3v) is 6.29. The van der Waals surface area contributed by atoms with Crippen LogP contribution in [-0.2, 0) is 46.5 Å². The van der Waals surface area contributed by atoms with Gasteiger partial charge in [0, 0.05) is 44.1 Å². The lowest BCUT2D eigenvalue weighted by Crippen LogP contribution is -2.61. The van der Waals surface area contributed by atoms with Crippen LogP contribution in [0.4, 0.5) is 0 Å². The molecule has 3 rings (SSSR count). The fourth-order valence-electron chi connectivity index (χ4n) is 4.11. The fraction of sp³-hybridized carbons (Fsp3) is 0.500. The van der Waals surface area contributed by atoms with Gasteiger partial charge in [0.15, 0.2) is 6.10 Å². The molecule has 5 atom stereocenters. The van der Waals surface area contributed by atoms with Crippen LogP contribution in [0, 0.1) is 0 Å². The lowest BCUT2D eigenvalue weighted by molar-refractivity contribution is -0.271. The van der Waals surface area contributed by atoms with Crippen LogP contribution < -0.4 is 10.1 Å². The Hall–Kier alpha value is -3.85. The Kier molecular flexibility index (Phi) is 10.7. The maximum absolute atomic E-state index is 12.0. The number of aryl methyl sites for hydroxylation is 1. The van der Waals surface area contributed by atoms with Crippen LogP contribution in [0.25, 0.3) is 0 Å². The molecule has 0 aromatic heterocycles. The van der Waals surface area contributed by atoms with Gasteiger partial charge in [0.05, 0.1) is 0 Å². The van der Waals surface area contributed by atoms with Crippen molar-refractivity contribution in [2.45, 2.75) is 69.9 Å². The predicted molar refractivity (Wildman–Crippen MR) is 133 cm³/mol. The van der Waals surface area contributed by atoms with E-state index in [1.807, 2.05) is 0 Å². The van der Waals surface area contributed by atoms with Crippen LogP contribution in [0.3, 0.4) is 0 Å². The maximum Gasteiger partial charge on any atom is 0.335 e. The Bertz CT molecular complexity index is 1130. The Balaban J connectivity index is 1.52. The first-order chi connectivity index (χ1) is 19.0. The van der Waals surface area contributed by atoms with Crippen molar-refractivity contribution >= 4 is 29.7 Å². The lowest BCUT2D eigenvalue weighted by atomic mass is 9.99. The number of ether oxygens (including phenoxy) is 3. The molecule has 2 aliphatic rings. The summed E-state index contributed by atoms with van der Waals surface area (Å²) in [6, 6.07) is 4.93. The number of nitrogens with one attached hydrogen (secondary N) is 1. The zero-order chi connectivity index (χ0) is 29.4. The van der Waals surface area contributed by atoms with Crippen LogP contribution in [0.1, 0.15) is 37.3 Å². The molecule has 0 aliphatic carbocycles. The fourth-order valence-corrected chi connectivity index (χ4v) is 4.11. The molecule has 2 heterocycles. The topological polar surface area (TPSA) is 209 Å². The molecule has 3 amide bonds. The van der Waals surface area contributed by atoms with Crippen LogP contribution in [0.15, 0.2) is 30.4 Å². The van der Waals surface area contributed by atoms with Crippen molar-refractivity contribution in [3.05, 3.63) is 41.5 Å². The minimum Gasteiger partial charge on any atom is -0.479 e. The summed E-state index contributed by atoms with van der Waals surface area (Å²) in [5.41, 5.74) is 1.23. The van der Waals surface area contributed by atoms with Gasteiger partial charge in [-0.3, -0.25) is 24.1 Å². The number of esters is 1. The zero-order valence-electron chi connectivity index (χ0n) is 21.7. The number of aliphatic carboxylic acids is 1. The number of carbonyl (C=O) groups excluding carboxylic acids is 4. The van der Waals surface area contributed by atoms with Gasteiger partial charge in [0.1, 0.15) is 30.7 Å². The van der Waals surface area contributed by atoms with Crippen molar-refractivity contribution < 1.29 is 58.6 Å². The Morgan fingerprint density at radius 2 is 1.73 bits per heavy atom. The molecule has 14 nitrogen and oxygen atoms in total. The smallest absolute Gasteiger partial charge is 0.335 e. The molecular weight excluding hydrogens is 532 g/mol. The largest absolute Gasteiger partial charge is 0.479 e. The van der Waals surface area contributed by atoms with Crippen LogP contribution in [0.2, 0.25) is 0 Å². The van der Waals surface area contributed by atoms with E-state index >= 15 is 0 Å². The quantitative estimate of drug-likeness (QED) is 0.108.